The van der Waals surface area contributed by atoms with Gasteiger partial charge in [0.15, 0.2) is 5.13 Å². The van der Waals surface area contributed by atoms with Gasteiger partial charge in [-0.3, -0.25) is 4.79 Å². The first-order chi connectivity index (χ1) is 10.5. The largest absolute Gasteiger partial charge is 0.478 e. The summed E-state index contributed by atoms with van der Waals surface area (Å²) >= 11 is 1.32. The standard InChI is InChI=1S/C15H11N3O3S/c16-15-18-11-6-3-9(7-12(11)22-15)13(19)17-10-4-1-8(2-5-10)14(20)21/h1-7H,(H2,16,18)(H,17,19)(H,20,21). The van der Waals surface area contributed by atoms with Crippen molar-refractivity contribution < 1.29 is 14.7 Å². The molecule has 0 radical (unpaired) electrons. The first-order valence-electron chi connectivity index (χ1n) is 6.34. The summed E-state index contributed by atoms with van der Waals surface area (Å²) in [6, 6.07) is 11.1. The Morgan fingerprint density at radius 1 is 1.09 bits per heavy atom. The third-order valence-electron chi connectivity index (χ3n) is 3.06. The molecule has 0 spiro atoms. The fraction of sp³-hybridized carbons (Fsp3) is 0. The smallest absolute Gasteiger partial charge is 0.335 e. The number of aromatic carboxylic acids is 1. The van der Waals surface area contributed by atoms with Gasteiger partial charge in [0.2, 0.25) is 0 Å². The number of thiazole rings is 1. The van der Waals surface area contributed by atoms with Gasteiger partial charge in [0.1, 0.15) is 0 Å². The van der Waals surface area contributed by atoms with Gasteiger partial charge < -0.3 is 16.2 Å². The lowest BCUT2D eigenvalue weighted by Gasteiger charge is -2.05. The molecule has 0 aliphatic rings. The number of hydrogen-bond acceptors (Lipinski definition) is 5. The summed E-state index contributed by atoms with van der Waals surface area (Å²) in [6.07, 6.45) is 0. The van der Waals surface area contributed by atoms with Gasteiger partial charge in [0.25, 0.3) is 5.91 Å². The predicted molar refractivity (Wildman–Crippen MR) is 85.4 cm³/mol. The SMILES string of the molecule is Nc1nc2ccc(C(=O)Nc3ccc(C(=O)O)cc3)cc2s1. The average Bonchev–Trinajstić information content (AvgIpc) is 2.86. The molecule has 0 saturated carbocycles. The van der Waals surface area contributed by atoms with Gasteiger partial charge in [-0.15, -0.1) is 0 Å². The lowest BCUT2D eigenvalue weighted by atomic mass is 10.1. The van der Waals surface area contributed by atoms with Crippen LogP contribution >= 0.6 is 11.3 Å². The number of aromatic nitrogens is 1. The monoisotopic (exact) mass is 313 g/mol. The van der Waals surface area contributed by atoms with Crippen LogP contribution in [0, 0.1) is 0 Å². The number of amides is 1. The second-order valence-electron chi connectivity index (χ2n) is 4.57. The molecular weight excluding hydrogens is 302 g/mol. The summed E-state index contributed by atoms with van der Waals surface area (Å²) in [5.41, 5.74) is 7.57. The van der Waals surface area contributed by atoms with E-state index < -0.39 is 5.97 Å². The van der Waals surface area contributed by atoms with Gasteiger partial charge in [-0.25, -0.2) is 9.78 Å². The summed E-state index contributed by atoms with van der Waals surface area (Å²) in [4.78, 5) is 27.1. The van der Waals surface area contributed by atoms with Crippen LogP contribution in [0.5, 0.6) is 0 Å². The minimum Gasteiger partial charge on any atom is -0.478 e. The molecule has 7 heteroatoms. The number of carboxylic acid groups (broad SMARTS) is 1. The Labute approximate surface area is 129 Å². The molecular formula is C15H11N3O3S. The van der Waals surface area contributed by atoms with Crippen molar-refractivity contribution in [2.24, 2.45) is 0 Å². The van der Waals surface area contributed by atoms with E-state index in [0.717, 1.165) is 10.2 Å². The third kappa shape index (κ3) is 2.75. The van der Waals surface area contributed by atoms with Gasteiger partial charge in [0, 0.05) is 11.3 Å². The maximum absolute atomic E-state index is 12.2. The second kappa shape index (κ2) is 5.45. The maximum atomic E-state index is 12.2. The fourth-order valence-corrected chi connectivity index (χ4v) is 2.76. The lowest BCUT2D eigenvalue weighted by molar-refractivity contribution is 0.0696. The summed E-state index contributed by atoms with van der Waals surface area (Å²) in [5.74, 6) is -1.29. The molecule has 3 aromatic rings. The van der Waals surface area contributed by atoms with E-state index in [2.05, 4.69) is 10.3 Å². The number of nitrogens with zero attached hydrogens (tertiary/aromatic N) is 1. The summed E-state index contributed by atoms with van der Waals surface area (Å²) in [7, 11) is 0. The summed E-state index contributed by atoms with van der Waals surface area (Å²) < 4.78 is 0.839. The van der Waals surface area contributed by atoms with Crippen molar-refractivity contribution in [1.29, 1.82) is 0 Å². The number of rotatable bonds is 3. The Balaban J connectivity index is 1.81. The molecule has 6 nitrogen and oxygen atoms in total. The number of hydrogen-bond donors (Lipinski definition) is 3. The number of carbonyl (C=O) groups excluding carboxylic acids is 1. The zero-order valence-electron chi connectivity index (χ0n) is 11.2. The molecule has 0 bridgehead atoms. The zero-order valence-corrected chi connectivity index (χ0v) is 12.1. The second-order valence-corrected chi connectivity index (χ2v) is 5.63. The quantitative estimate of drug-likeness (QED) is 0.689. The van der Waals surface area contributed by atoms with Crippen LogP contribution in [-0.4, -0.2) is 22.0 Å². The Morgan fingerprint density at radius 2 is 1.77 bits per heavy atom. The maximum Gasteiger partial charge on any atom is 0.335 e. The number of carbonyl (C=O) groups is 2. The Bertz CT molecular complexity index is 871. The lowest BCUT2D eigenvalue weighted by Crippen LogP contribution is -2.11. The van der Waals surface area contributed by atoms with Gasteiger partial charge in [-0.05, 0) is 42.5 Å². The highest BCUT2D eigenvalue weighted by molar-refractivity contribution is 7.22. The molecule has 110 valence electrons. The molecule has 1 aromatic heterocycles. The molecule has 0 atom stereocenters. The highest BCUT2D eigenvalue weighted by Crippen LogP contribution is 2.25. The van der Waals surface area contributed by atoms with E-state index >= 15 is 0 Å². The summed E-state index contributed by atoms with van der Waals surface area (Å²) in [5, 5.41) is 12.0. The molecule has 0 fully saturated rings. The van der Waals surface area contributed by atoms with Crippen molar-refractivity contribution in [3.8, 4) is 0 Å². The van der Waals surface area contributed by atoms with Crippen LogP contribution in [0.1, 0.15) is 20.7 Å². The molecule has 2 aromatic carbocycles. The molecule has 1 amide bonds. The number of fused-ring (bicyclic) bond motifs is 1. The van der Waals surface area contributed by atoms with Crippen LogP contribution in [0.3, 0.4) is 0 Å². The van der Waals surface area contributed by atoms with Crippen LogP contribution in [0.25, 0.3) is 10.2 Å². The zero-order chi connectivity index (χ0) is 15.7. The molecule has 1 heterocycles. The van der Waals surface area contributed by atoms with Crippen LogP contribution in [-0.2, 0) is 0 Å². The van der Waals surface area contributed by atoms with Crippen LogP contribution in [0.15, 0.2) is 42.5 Å². The van der Waals surface area contributed by atoms with Crippen LogP contribution < -0.4 is 11.1 Å². The minimum absolute atomic E-state index is 0.166. The van der Waals surface area contributed by atoms with Crippen LogP contribution in [0.4, 0.5) is 10.8 Å². The fourth-order valence-electron chi connectivity index (χ4n) is 1.98. The first kappa shape index (κ1) is 14.0. The van der Waals surface area contributed by atoms with E-state index in [-0.39, 0.29) is 11.5 Å². The number of nitrogens with one attached hydrogen (secondary N) is 1. The molecule has 0 aliphatic heterocycles. The molecule has 3 rings (SSSR count). The van der Waals surface area contributed by atoms with Gasteiger partial charge in [-0.1, -0.05) is 11.3 Å². The van der Waals surface area contributed by atoms with Crippen molar-refractivity contribution in [2.45, 2.75) is 0 Å². The van der Waals surface area contributed by atoms with E-state index in [1.165, 1.54) is 23.5 Å². The number of anilines is 2. The van der Waals surface area contributed by atoms with Crippen LogP contribution in [0.2, 0.25) is 0 Å². The Morgan fingerprint density at radius 3 is 2.45 bits per heavy atom. The first-order valence-corrected chi connectivity index (χ1v) is 7.15. The molecule has 0 unspecified atom stereocenters. The number of carboxylic acids is 1. The number of nitrogens with two attached hydrogens (primary N) is 1. The Kier molecular flexibility index (Phi) is 3.48. The van der Waals surface area contributed by atoms with Crippen molar-refractivity contribution >= 4 is 44.2 Å². The van der Waals surface area contributed by atoms with E-state index in [1.807, 2.05) is 0 Å². The summed E-state index contributed by atoms with van der Waals surface area (Å²) in [6.45, 7) is 0. The number of benzene rings is 2. The van der Waals surface area contributed by atoms with E-state index in [4.69, 9.17) is 10.8 Å². The molecule has 4 N–H and O–H groups in total. The van der Waals surface area contributed by atoms with Crippen molar-refractivity contribution in [3.05, 3.63) is 53.6 Å². The highest BCUT2D eigenvalue weighted by atomic mass is 32.1. The number of nitrogen functional groups attached to an aromatic ring is 1. The topological polar surface area (TPSA) is 105 Å². The van der Waals surface area contributed by atoms with Gasteiger partial charge in [-0.2, -0.15) is 0 Å². The Hall–Kier alpha value is -2.93. The molecule has 0 saturated heterocycles. The van der Waals surface area contributed by atoms with E-state index in [0.29, 0.717) is 16.4 Å². The van der Waals surface area contributed by atoms with Gasteiger partial charge in [0.05, 0.1) is 15.8 Å². The average molecular weight is 313 g/mol. The normalized spacial score (nSPS) is 10.5. The molecule has 0 aliphatic carbocycles. The minimum atomic E-state index is -1.01. The van der Waals surface area contributed by atoms with E-state index in [9.17, 15) is 9.59 Å². The van der Waals surface area contributed by atoms with Crippen molar-refractivity contribution in [2.75, 3.05) is 11.1 Å². The highest BCUT2D eigenvalue weighted by Gasteiger charge is 2.10. The van der Waals surface area contributed by atoms with Crippen molar-refractivity contribution in [1.82, 2.24) is 4.98 Å². The molecule has 22 heavy (non-hydrogen) atoms. The third-order valence-corrected chi connectivity index (χ3v) is 3.90. The van der Waals surface area contributed by atoms with E-state index in [1.54, 1.807) is 30.3 Å². The van der Waals surface area contributed by atoms with Crippen molar-refractivity contribution in [3.63, 3.8) is 0 Å². The van der Waals surface area contributed by atoms with Gasteiger partial charge >= 0.3 is 5.97 Å². The predicted octanol–water partition coefficient (Wildman–Crippen LogP) is 2.83.